The molecule has 4 rings (SSSR count). The van der Waals surface area contributed by atoms with Crippen LogP contribution in [0.15, 0.2) is 18.2 Å². The Morgan fingerprint density at radius 2 is 1.88 bits per heavy atom. The van der Waals surface area contributed by atoms with E-state index >= 15 is 0 Å². The van der Waals surface area contributed by atoms with Gasteiger partial charge in [0.2, 0.25) is 5.91 Å². The Morgan fingerprint density at radius 3 is 2.56 bits per heavy atom. The average molecular weight is 472 g/mol. The molecule has 2 aliphatic carbocycles. The molecular formula is C27H41N3O4. The number of ether oxygens (including phenoxy) is 2. The molecule has 0 saturated heterocycles. The molecule has 2 fully saturated rings. The molecule has 0 spiro atoms. The van der Waals surface area contributed by atoms with Crippen LogP contribution in [0.3, 0.4) is 0 Å². The van der Waals surface area contributed by atoms with E-state index in [0.717, 1.165) is 31.8 Å². The lowest BCUT2D eigenvalue weighted by molar-refractivity contribution is -0.117. The van der Waals surface area contributed by atoms with Gasteiger partial charge in [-0.3, -0.25) is 14.5 Å². The normalized spacial score (nSPS) is 27.5. The lowest BCUT2D eigenvalue weighted by atomic mass is 9.99. The number of carbonyl (C=O) groups excluding carboxylic acids is 2. The Labute approximate surface area is 204 Å². The molecule has 2 saturated carbocycles. The number of fused-ring (bicyclic) bond motifs is 1. The van der Waals surface area contributed by atoms with Crippen molar-refractivity contribution >= 4 is 17.5 Å². The number of nitrogens with zero attached hydrogens (tertiary/aromatic N) is 2. The molecular weight excluding hydrogens is 430 g/mol. The number of hydrogen-bond donors (Lipinski definition) is 1. The second-order valence-electron chi connectivity index (χ2n) is 10.7. The van der Waals surface area contributed by atoms with E-state index < -0.39 is 0 Å². The zero-order valence-electron chi connectivity index (χ0n) is 21.2. The maximum atomic E-state index is 13.3. The Hall–Kier alpha value is -2.12. The third-order valence-electron chi connectivity index (χ3n) is 7.76. The number of hydrogen-bond acceptors (Lipinski definition) is 5. The number of methoxy groups -OCH3 is 1. The van der Waals surface area contributed by atoms with E-state index in [9.17, 15) is 9.59 Å². The lowest BCUT2D eigenvalue weighted by Gasteiger charge is -2.37. The molecule has 1 aliphatic heterocycles. The van der Waals surface area contributed by atoms with E-state index in [-0.39, 0.29) is 35.8 Å². The van der Waals surface area contributed by atoms with Gasteiger partial charge in [-0.1, -0.05) is 19.8 Å². The molecule has 1 aromatic carbocycles. The van der Waals surface area contributed by atoms with Gasteiger partial charge in [-0.05, 0) is 56.6 Å². The summed E-state index contributed by atoms with van der Waals surface area (Å²) in [6.45, 7) is 7.41. The Bertz CT molecular complexity index is 865. The molecule has 3 atom stereocenters. The lowest BCUT2D eigenvalue weighted by Crippen LogP contribution is -2.47. The third-order valence-corrected chi connectivity index (χ3v) is 7.76. The molecule has 0 bridgehead atoms. The fraction of sp³-hybridized carbons (Fsp3) is 0.704. The Kier molecular flexibility index (Phi) is 8.14. The van der Waals surface area contributed by atoms with Crippen LogP contribution in [0.1, 0.15) is 62.7 Å². The molecule has 0 radical (unpaired) electrons. The maximum absolute atomic E-state index is 13.3. The summed E-state index contributed by atoms with van der Waals surface area (Å²) >= 11 is 0. The van der Waals surface area contributed by atoms with E-state index in [1.54, 1.807) is 30.2 Å². The second kappa shape index (κ2) is 11.1. The fourth-order valence-electron chi connectivity index (χ4n) is 5.29. The number of anilines is 1. The molecule has 34 heavy (non-hydrogen) atoms. The van der Waals surface area contributed by atoms with E-state index in [0.29, 0.717) is 30.2 Å². The van der Waals surface area contributed by atoms with Crippen LogP contribution in [0.5, 0.6) is 5.75 Å². The highest BCUT2D eigenvalue weighted by Crippen LogP contribution is 2.32. The first-order chi connectivity index (χ1) is 16.4. The highest BCUT2D eigenvalue weighted by atomic mass is 16.5. The van der Waals surface area contributed by atoms with Gasteiger partial charge in [-0.15, -0.1) is 0 Å². The van der Waals surface area contributed by atoms with Crippen LogP contribution in [0.25, 0.3) is 0 Å². The van der Waals surface area contributed by atoms with Gasteiger partial charge in [-0.25, -0.2) is 0 Å². The number of benzene rings is 1. The predicted octanol–water partition coefficient (Wildman–Crippen LogP) is 4.03. The minimum atomic E-state index is -0.0969. The van der Waals surface area contributed by atoms with E-state index in [4.69, 9.17) is 9.47 Å². The highest BCUT2D eigenvalue weighted by molar-refractivity contribution is 5.99. The predicted molar refractivity (Wildman–Crippen MR) is 133 cm³/mol. The summed E-state index contributed by atoms with van der Waals surface area (Å²) in [6.07, 6.45) is 7.11. The molecule has 1 heterocycles. The van der Waals surface area contributed by atoms with Gasteiger partial charge in [0, 0.05) is 57.5 Å². The van der Waals surface area contributed by atoms with Crippen molar-refractivity contribution in [1.82, 2.24) is 9.80 Å². The SMILES string of the molecule is CO[C@H]1CN(C)C(=O)c2ccc(NC(=O)C3CC3)cc2OC[C@@H](C)N(CC2CCCC2)C[C@@H]1C. The quantitative estimate of drug-likeness (QED) is 0.702. The van der Waals surface area contributed by atoms with E-state index in [2.05, 4.69) is 24.1 Å². The van der Waals surface area contributed by atoms with Gasteiger partial charge in [0.1, 0.15) is 12.4 Å². The molecule has 7 nitrogen and oxygen atoms in total. The largest absolute Gasteiger partial charge is 0.491 e. The van der Waals surface area contributed by atoms with E-state index in [1.807, 2.05) is 7.05 Å². The average Bonchev–Trinajstić information content (AvgIpc) is 3.56. The first-order valence-corrected chi connectivity index (χ1v) is 13.0. The third kappa shape index (κ3) is 6.11. The van der Waals surface area contributed by atoms with Crippen LogP contribution in [0, 0.1) is 17.8 Å². The van der Waals surface area contributed by atoms with Crippen molar-refractivity contribution in [2.75, 3.05) is 45.7 Å². The summed E-state index contributed by atoms with van der Waals surface area (Å²) in [6, 6.07) is 5.57. The summed E-state index contributed by atoms with van der Waals surface area (Å²) in [4.78, 5) is 29.9. The molecule has 0 aromatic heterocycles. The van der Waals surface area contributed by atoms with Crippen LogP contribution in [-0.2, 0) is 9.53 Å². The number of carbonyl (C=O) groups is 2. The first-order valence-electron chi connectivity index (χ1n) is 13.0. The van der Waals surface area contributed by atoms with Gasteiger partial charge in [0.15, 0.2) is 0 Å². The van der Waals surface area contributed by atoms with Crippen LogP contribution in [0.2, 0.25) is 0 Å². The zero-order valence-corrected chi connectivity index (χ0v) is 21.2. The van der Waals surface area contributed by atoms with Crippen molar-refractivity contribution in [1.29, 1.82) is 0 Å². The summed E-state index contributed by atoms with van der Waals surface area (Å²) in [5.74, 6) is 1.62. The van der Waals surface area contributed by atoms with Crippen molar-refractivity contribution in [3.63, 3.8) is 0 Å². The minimum Gasteiger partial charge on any atom is -0.491 e. The fourth-order valence-corrected chi connectivity index (χ4v) is 5.29. The van der Waals surface area contributed by atoms with Gasteiger partial charge in [-0.2, -0.15) is 0 Å². The standard InChI is InChI=1S/C27H41N3O4/c1-18-14-30(15-20-7-5-6-8-20)19(2)17-34-24-13-22(28-26(31)21-9-10-21)11-12-23(24)27(32)29(3)16-25(18)33-4/h11-13,18-21,25H,5-10,14-17H2,1-4H3,(H,28,31)/t18-,19+,25-/m0/s1. The van der Waals surface area contributed by atoms with Gasteiger partial charge < -0.3 is 19.7 Å². The minimum absolute atomic E-state index is 0.0459. The molecule has 2 amide bonds. The molecule has 0 unspecified atom stereocenters. The Morgan fingerprint density at radius 1 is 1.15 bits per heavy atom. The van der Waals surface area contributed by atoms with Gasteiger partial charge in [0.05, 0.1) is 11.7 Å². The number of rotatable bonds is 5. The van der Waals surface area contributed by atoms with Crippen LogP contribution < -0.4 is 10.1 Å². The second-order valence-corrected chi connectivity index (χ2v) is 10.7. The van der Waals surface area contributed by atoms with Crippen molar-refractivity contribution in [3.8, 4) is 5.75 Å². The van der Waals surface area contributed by atoms with Crippen LogP contribution in [-0.4, -0.2) is 74.2 Å². The number of nitrogens with one attached hydrogen (secondary N) is 1. The summed E-state index contributed by atoms with van der Waals surface area (Å²) < 4.78 is 12.2. The smallest absolute Gasteiger partial charge is 0.257 e. The van der Waals surface area contributed by atoms with Crippen LogP contribution in [0.4, 0.5) is 5.69 Å². The van der Waals surface area contributed by atoms with Crippen molar-refractivity contribution < 1.29 is 19.1 Å². The van der Waals surface area contributed by atoms with Crippen LogP contribution >= 0.6 is 0 Å². The van der Waals surface area contributed by atoms with Crippen molar-refractivity contribution in [2.45, 2.75) is 64.5 Å². The summed E-state index contributed by atoms with van der Waals surface area (Å²) in [5, 5.41) is 2.98. The molecule has 3 aliphatic rings. The first kappa shape index (κ1) is 25.0. The maximum Gasteiger partial charge on any atom is 0.257 e. The number of amides is 2. The van der Waals surface area contributed by atoms with Crippen molar-refractivity contribution in [2.24, 2.45) is 17.8 Å². The number of likely N-dealkylation sites (N-methyl/N-ethyl adjacent to an activating group) is 1. The molecule has 1 N–H and O–H groups in total. The highest BCUT2D eigenvalue weighted by Gasteiger charge is 2.31. The topological polar surface area (TPSA) is 71.1 Å². The van der Waals surface area contributed by atoms with E-state index in [1.165, 1.54) is 25.7 Å². The van der Waals surface area contributed by atoms with Crippen molar-refractivity contribution in [3.05, 3.63) is 23.8 Å². The summed E-state index contributed by atoms with van der Waals surface area (Å²) in [5.41, 5.74) is 1.20. The monoisotopic (exact) mass is 471 g/mol. The summed E-state index contributed by atoms with van der Waals surface area (Å²) in [7, 11) is 3.56. The van der Waals surface area contributed by atoms with Gasteiger partial charge >= 0.3 is 0 Å². The molecule has 1 aromatic rings. The molecule has 188 valence electrons. The zero-order chi connectivity index (χ0) is 24.2. The van der Waals surface area contributed by atoms with Gasteiger partial charge in [0.25, 0.3) is 5.91 Å². The molecule has 7 heteroatoms. The Balaban J connectivity index is 1.59.